The summed E-state index contributed by atoms with van der Waals surface area (Å²) in [6.07, 6.45) is 4.62. The predicted octanol–water partition coefficient (Wildman–Crippen LogP) is 1.16. The average molecular weight is 351 g/mol. The summed E-state index contributed by atoms with van der Waals surface area (Å²) >= 11 is 0. The van der Waals surface area contributed by atoms with Crippen molar-refractivity contribution in [3.63, 3.8) is 0 Å². The minimum atomic E-state index is -0.301. The van der Waals surface area contributed by atoms with Crippen molar-refractivity contribution >= 4 is 11.8 Å². The fourth-order valence-corrected chi connectivity index (χ4v) is 3.03. The van der Waals surface area contributed by atoms with Gasteiger partial charge in [-0.3, -0.25) is 14.3 Å². The highest BCUT2D eigenvalue weighted by atomic mass is 16.3. The van der Waals surface area contributed by atoms with E-state index in [0.717, 1.165) is 11.3 Å². The Morgan fingerprint density at radius 3 is 2.85 bits per heavy atom. The second-order valence-corrected chi connectivity index (χ2v) is 6.10. The van der Waals surface area contributed by atoms with Crippen LogP contribution >= 0.6 is 0 Å². The molecule has 3 aromatic rings. The Labute approximate surface area is 149 Å². The second-order valence-electron chi connectivity index (χ2n) is 6.10. The Balaban J connectivity index is 1.38. The van der Waals surface area contributed by atoms with Crippen LogP contribution in [-0.2, 0) is 19.5 Å². The van der Waals surface area contributed by atoms with E-state index in [1.165, 1.54) is 12.7 Å². The summed E-state index contributed by atoms with van der Waals surface area (Å²) in [6.45, 7) is 0.974. The molecule has 2 amide bonds. The lowest BCUT2D eigenvalue weighted by atomic mass is 10.1. The Morgan fingerprint density at radius 2 is 2.08 bits per heavy atom. The van der Waals surface area contributed by atoms with Gasteiger partial charge in [0.1, 0.15) is 6.26 Å². The third kappa shape index (κ3) is 3.21. The number of nitrogens with one attached hydrogen (secondary N) is 2. The van der Waals surface area contributed by atoms with Crippen LogP contribution in [0.15, 0.2) is 53.6 Å². The van der Waals surface area contributed by atoms with Gasteiger partial charge in [-0.05, 0) is 5.56 Å². The van der Waals surface area contributed by atoms with Gasteiger partial charge < -0.3 is 15.1 Å². The van der Waals surface area contributed by atoms with E-state index in [9.17, 15) is 9.59 Å². The Kier molecular flexibility index (Phi) is 4.22. The van der Waals surface area contributed by atoms with E-state index in [1.54, 1.807) is 10.9 Å². The SMILES string of the molecule is O=C(NC1Cc2c(C(=O)NCc3ccccc3)cnn2C1)c1cocn1. The van der Waals surface area contributed by atoms with Gasteiger partial charge in [-0.25, -0.2) is 4.98 Å². The van der Waals surface area contributed by atoms with Crippen LogP contribution in [0.4, 0.5) is 0 Å². The summed E-state index contributed by atoms with van der Waals surface area (Å²) < 4.78 is 6.57. The molecule has 8 nitrogen and oxygen atoms in total. The molecule has 1 aromatic carbocycles. The zero-order chi connectivity index (χ0) is 17.9. The fraction of sp³-hybridized carbons (Fsp3) is 0.222. The summed E-state index contributed by atoms with van der Waals surface area (Å²) in [4.78, 5) is 28.4. The molecule has 2 N–H and O–H groups in total. The van der Waals surface area contributed by atoms with Crippen molar-refractivity contribution in [2.24, 2.45) is 0 Å². The maximum atomic E-state index is 12.5. The van der Waals surface area contributed by atoms with E-state index in [1.807, 2.05) is 30.3 Å². The highest BCUT2D eigenvalue weighted by Gasteiger charge is 2.29. The van der Waals surface area contributed by atoms with E-state index < -0.39 is 0 Å². The number of aromatic nitrogens is 3. The first kappa shape index (κ1) is 16.1. The van der Waals surface area contributed by atoms with Gasteiger partial charge in [0.05, 0.1) is 30.0 Å². The smallest absolute Gasteiger partial charge is 0.273 e. The molecule has 1 atom stereocenters. The maximum Gasteiger partial charge on any atom is 0.273 e. The molecular weight excluding hydrogens is 334 g/mol. The zero-order valence-corrected chi connectivity index (χ0v) is 13.9. The topological polar surface area (TPSA) is 102 Å². The van der Waals surface area contributed by atoms with E-state index in [-0.39, 0.29) is 23.6 Å². The number of amides is 2. The van der Waals surface area contributed by atoms with Crippen LogP contribution in [0.1, 0.15) is 32.1 Å². The Bertz CT molecular complexity index is 918. The minimum Gasteiger partial charge on any atom is -0.451 e. The summed E-state index contributed by atoms with van der Waals surface area (Å²) in [5.41, 5.74) is 2.62. The molecule has 0 saturated carbocycles. The largest absolute Gasteiger partial charge is 0.451 e. The molecule has 26 heavy (non-hydrogen) atoms. The summed E-state index contributed by atoms with van der Waals surface area (Å²) in [6, 6.07) is 9.58. The standard InChI is InChI=1S/C18H17N5O3/c24-17(19-7-12-4-2-1-3-5-12)14-8-21-23-9-13(6-16(14)23)22-18(25)15-10-26-11-20-15/h1-5,8,10-11,13H,6-7,9H2,(H,19,24)(H,22,25). The van der Waals surface area contributed by atoms with Gasteiger partial charge in [-0.2, -0.15) is 5.10 Å². The molecule has 1 unspecified atom stereocenters. The van der Waals surface area contributed by atoms with Crippen molar-refractivity contribution in [2.75, 3.05) is 0 Å². The lowest BCUT2D eigenvalue weighted by Gasteiger charge is -2.10. The first-order chi connectivity index (χ1) is 12.7. The van der Waals surface area contributed by atoms with Gasteiger partial charge >= 0.3 is 0 Å². The number of rotatable bonds is 5. The van der Waals surface area contributed by atoms with Gasteiger partial charge in [0.2, 0.25) is 0 Å². The summed E-state index contributed by atoms with van der Waals surface area (Å²) in [5.74, 6) is -0.469. The third-order valence-corrected chi connectivity index (χ3v) is 4.32. The lowest BCUT2D eigenvalue weighted by Crippen LogP contribution is -2.36. The Morgan fingerprint density at radius 1 is 1.23 bits per heavy atom. The molecule has 0 fully saturated rings. The van der Waals surface area contributed by atoms with Crippen LogP contribution in [0, 0.1) is 0 Å². The van der Waals surface area contributed by atoms with Crippen molar-refractivity contribution in [1.29, 1.82) is 0 Å². The molecule has 8 heteroatoms. The number of benzene rings is 1. The van der Waals surface area contributed by atoms with Gasteiger partial charge in [-0.15, -0.1) is 0 Å². The van der Waals surface area contributed by atoms with Crippen LogP contribution in [0.2, 0.25) is 0 Å². The molecule has 0 spiro atoms. The monoisotopic (exact) mass is 351 g/mol. The number of fused-ring (bicyclic) bond motifs is 1. The highest BCUT2D eigenvalue weighted by molar-refractivity contribution is 5.95. The number of carbonyl (C=O) groups is 2. The van der Waals surface area contributed by atoms with Gasteiger partial charge in [0.25, 0.3) is 11.8 Å². The number of oxazole rings is 1. The molecule has 132 valence electrons. The second kappa shape index (κ2) is 6.83. The van der Waals surface area contributed by atoms with Gasteiger partial charge in [0, 0.05) is 13.0 Å². The van der Waals surface area contributed by atoms with Crippen molar-refractivity contribution in [3.8, 4) is 0 Å². The van der Waals surface area contributed by atoms with Crippen molar-refractivity contribution < 1.29 is 14.0 Å². The van der Waals surface area contributed by atoms with Crippen LogP contribution in [0.3, 0.4) is 0 Å². The molecule has 0 radical (unpaired) electrons. The van der Waals surface area contributed by atoms with Crippen molar-refractivity contribution in [1.82, 2.24) is 25.4 Å². The molecular formula is C18H17N5O3. The van der Waals surface area contributed by atoms with E-state index in [2.05, 4.69) is 20.7 Å². The maximum absolute atomic E-state index is 12.5. The molecule has 3 heterocycles. The van der Waals surface area contributed by atoms with Gasteiger partial charge in [0.15, 0.2) is 12.1 Å². The number of hydrogen-bond donors (Lipinski definition) is 2. The number of hydrogen-bond acceptors (Lipinski definition) is 5. The van der Waals surface area contributed by atoms with Crippen LogP contribution in [0.5, 0.6) is 0 Å². The summed E-state index contributed by atoms with van der Waals surface area (Å²) in [7, 11) is 0. The molecule has 1 aliphatic rings. The first-order valence-electron chi connectivity index (χ1n) is 8.26. The molecule has 1 aliphatic heterocycles. The van der Waals surface area contributed by atoms with Crippen LogP contribution in [-0.4, -0.2) is 32.6 Å². The predicted molar refractivity (Wildman–Crippen MR) is 91.3 cm³/mol. The van der Waals surface area contributed by atoms with Crippen molar-refractivity contribution in [3.05, 3.63) is 71.7 Å². The average Bonchev–Trinajstić information content (AvgIpc) is 3.37. The lowest BCUT2D eigenvalue weighted by molar-refractivity contribution is 0.0930. The van der Waals surface area contributed by atoms with Crippen LogP contribution in [0.25, 0.3) is 0 Å². The zero-order valence-electron chi connectivity index (χ0n) is 13.9. The quantitative estimate of drug-likeness (QED) is 0.718. The van der Waals surface area contributed by atoms with Gasteiger partial charge in [-0.1, -0.05) is 30.3 Å². The molecule has 0 saturated heterocycles. The van der Waals surface area contributed by atoms with E-state index in [4.69, 9.17) is 4.42 Å². The Hall–Kier alpha value is -3.42. The number of nitrogens with zero attached hydrogens (tertiary/aromatic N) is 3. The highest BCUT2D eigenvalue weighted by Crippen LogP contribution is 2.19. The van der Waals surface area contributed by atoms with Crippen molar-refractivity contribution in [2.45, 2.75) is 25.6 Å². The van der Waals surface area contributed by atoms with Crippen LogP contribution < -0.4 is 10.6 Å². The molecule has 0 aliphatic carbocycles. The summed E-state index contributed by atoms with van der Waals surface area (Å²) in [5, 5.41) is 10.1. The van der Waals surface area contributed by atoms with E-state index in [0.29, 0.717) is 25.1 Å². The number of carbonyl (C=O) groups excluding carboxylic acids is 2. The molecule has 2 aromatic heterocycles. The third-order valence-electron chi connectivity index (χ3n) is 4.32. The molecule has 0 bridgehead atoms. The first-order valence-corrected chi connectivity index (χ1v) is 8.26. The molecule has 4 rings (SSSR count). The normalized spacial score (nSPS) is 15.5. The fourth-order valence-electron chi connectivity index (χ4n) is 3.03. The van der Waals surface area contributed by atoms with E-state index >= 15 is 0 Å². The minimum absolute atomic E-state index is 0.136.